The maximum atomic E-state index is 11.9. The van der Waals surface area contributed by atoms with E-state index in [2.05, 4.69) is 0 Å². The highest BCUT2D eigenvalue weighted by Gasteiger charge is 2.24. The Morgan fingerprint density at radius 1 is 0.963 bits per heavy atom. The standard InChI is InChI=1S/C20H18O7/c1-25-14-5-2-12(3-6-14)10-15(19(21)22)18(20(23)24)13-4-7-16-17(11-13)27-9-8-26-16/h2-7,11H,8-10H2,1H3,(H,21,22)(H,23,24). The Balaban J connectivity index is 2.05. The second-order valence-electron chi connectivity index (χ2n) is 5.85. The molecule has 1 heterocycles. The first-order chi connectivity index (χ1) is 13.0. The average Bonchev–Trinajstić information content (AvgIpc) is 2.67. The number of carbonyl (C=O) groups is 2. The molecule has 0 unspecified atom stereocenters. The summed E-state index contributed by atoms with van der Waals surface area (Å²) in [7, 11) is 1.53. The molecule has 0 atom stereocenters. The van der Waals surface area contributed by atoms with Gasteiger partial charge in [0.25, 0.3) is 0 Å². The zero-order chi connectivity index (χ0) is 19.4. The zero-order valence-electron chi connectivity index (χ0n) is 14.6. The Kier molecular flexibility index (Phi) is 5.30. The minimum absolute atomic E-state index is 0.0462. The van der Waals surface area contributed by atoms with E-state index in [-0.39, 0.29) is 23.1 Å². The molecule has 0 bridgehead atoms. The van der Waals surface area contributed by atoms with Gasteiger partial charge in [-0.05, 0) is 35.4 Å². The minimum atomic E-state index is -1.32. The summed E-state index contributed by atoms with van der Waals surface area (Å²) in [5.41, 5.74) is 0.404. The molecular weight excluding hydrogens is 352 g/mol. The highest BCUT2D eigenvalue weighted by molar-refractivity contribution is 6.22. The third-order valence-corrected chi connectivity index (χ3v) is 4.14. The van der Waals surface area contributed by atoms with E-state index in [1.807, 2.05) is 0 Å². The van der Waals surface area contributed by atoms with Crippen molar-refractivity contribution in [3.05, 3.63) is 59.2 Å². The van der Waals surface area contributed by atoms with Gasteiger partial charge in [-0.2, -0.15) is 0 Å². The summed E-state index contributed by atoms with van der Waals surface area (Å²) in [6.45, 7) is 0.756. The van der Waals surface area contributed by atoms with Crippen molar-refractivity contribution in [2.24, 2.45) is 0 Å². The number of rotatable bonds is 6. The van der Waals surface area contributed by atoms with Crippen LogP contribution in [0, 0.1) is 0 Å². The van der Waals surface area contributed by atoms with Crippen molar-refractivity contribution in [3.8, 4) is 17.2 Å². The van der Waals surface area contributed by atoms with E-state index in [0.29, 0.717) is 36.0 Å². The molecule has 2 aromatic carbocycles. The number of hydrogen-bond acceptors (Lipinski definition) is 5. The van der Waals surface area contributed by atoms with Gasteiger partial charge in [0, 0.05) is 6.42 Å². The van der Waals surface area contributed by atoms with Crippen LogP contribution < -0.4 is 14.2 Å². The van der Waals surface area contributed by atoms with Gasteiger partial charge in [-0.15, -0.1) is 0 Å². The van der Waals surface area contributed by atoms with Gasteiger partial charge in [-0.1, -0.05) is 18.2 Å². The fourth-order valence-corrected chi connectivity index (χ4v) is 2.84. The molecule has 1 aliphatic rings. The van der Waals surface area contributed by atoms with Crippen LogP contribution in [-0.2, 0) is 16.0 Å². The summed E-state index contributed by atoms with van der Waals surface area (Å²) in [5, 5.41) is 19.3. The molecule has 0 fully saturated rings. The number of carboxylic acid groups (broad SMARTS) is 2. The molecule has 2 N–H and O–H groups in total. The van der Waals surface area contributed by atoms with Crippen LogP contribution >= 0.6 is 0 Å². The molecule has 7 heteroatoms. The largest absolute Gasteiger partial charge is 0.497 e. The van der Waals surface area contributed by atoms with Crippen molar-refractivity contribution in [1.29, 1.82) is 0 Å². The molecule has 1 aliphatic heterocycles. The molecule has 2 aromatic rings. The van der Waals surface area contributed by atoms with E-state index in [0.717, 1.165) is 0 Å². The third-order valence-electron chi connectivity index (χ3n) is 4.14. The molecule has 0 aromatic heterocycles. The molecule has 0 aliphatic carbocycles. The van der Waals surface area contributed by atoms with Crippen LogP contribution in [0.1, 0.15) is 11.1 Å². The Bertz CT molecular complexity index is 897. The number of hydrogen-bond donors (Lipinski definition) is 2. The van der Waals surface area contributed by atoms with Crippen LogP contribution in [0.25, 0.3) is 5.57 Å². The van der Waals surface area contributed by atoms with Gasteiger partial charge < -0.3 is 24.4 Å². The molecule has 0 spiro atoms. The van der Waals surface area contributed by atoms with Crippen molar-refractivity contribution >= 4 is 17.5 Å². The lowest BCUT2D eigenvalue weighted by atomic mass is 9.94. The summed E-state index contributed by atoms with van der Waals surface area (Å²) in [4.78, 5) is 23.7. The predicted molar refractivity (Wildman–Crippen MR) is 96.3 cm³/mol. The minimum Gasteiger partial charge on any atom is -0.497 e. The number of benzene rings is 2. The summed E-state index contributed by atoms with van der Waals surface area (Å²) < 4.78 is 16.0. The predicted octanol–water partition coefficient (Wildman–Crippen LogP) is 2.63. The van der Waals surface area contributed by atoms with E-state index in [9.17, 15) is 19.8 Å². The quantitative estimate of drug-likeness (QED) is 0.754. The highest BCUT2D eigenvalue weighted by atomic mass is 16.6. The van der Waals surface area contributed by atoms with Crippen LogP contribution in [-0.4, -0.2) is 42.5 Å². The van der Waals surface area contributed by atoms with Crippen LogP contribution in [0.5, 0.6) is 17.2 Å². The summed E-state index contributed by atoms with van der Waals surface area (Å²) in [6, 6.07) is 11.4. The molecule has 0 saturated carbocycles. The number of fused-ring (bicyclic) bond motifs is 1. The molecule has 7 nitrogen and oxygen atoms in total. The van der Waals surface area contributed by atoms with Crippen LogP contribution in [0.3, 0.4) is 0 Å². The van der Waals surface area contributed by atoms with Gasteiger partial charge in [0.2, 0.25) is 0 Å². The summed E-state index contributed by atoms with van der Waals surface area (Å²) in [6.07, 6.45) is -0.0462. The van der Waals surface area contributed by atoms with E-state index in [1.54, 1.807) is 30.3 Å². The Morgan fingerprint density at radius 2 is 1.63 bits per heavy atom. The smallest absolute Gasteiger partial charge is 0.336 e. The average molecular weight is 370 g/mol. The van der Waals surface area contributed by atoms with Crippen molar-refractivity contribution in [1.82, 2.24) is 0 Å². The molecule has 0 saturated heterocycles. The summed E-state index contributed by atoms with van der Waals surface area (Å²) in [5.74, 6) is -1.09. The van der Waals surface area contributed by atoms with Gasteiger partial charge in [0.15, 0.2) is 11.5 Å². The molecule has 0 amide bonds. The van der Waals surface area contributed by atoms with Crippen LogP contribution in [0.4, 0.5) is 0 Å². The molecular formula is C20H18O7. The fraction of sp³-hybridized carbons (Fsp3) is 0.200. The van der Waals surface area contributed by atoms with Gasteiger partial charge in [0.1, 0.15) is 19.0 Å². The monoisotopic (exact) mass is 370 g/mol. The van der Waals surface area contributed by atoms with Gasteiger partial charge in [-0.3, -0.25) is 0 Å². The zero-order valence-corrected chi connectivity index (χ0v) is 14.6. The number of methoxy groups -OCH3 is 1. The summed E-state index contributed by atoms with van der Waals surface area (Å²) >= 11 is 0. The number of carboxylic acids is 2. The molecule has 0 radical (unpaired) electrons. The first-order valence-electron chi connectivity index (χ1n) is 8.22. The maximum Gasteiger partial charge on any atom is 0.336 e. The van der Waals surface area contributed by atoms with Crippen molar-refractivity contribution in [3.63, 3.8) is 0 Å². The Hall–Kier alpha value is -3.48. The Morgan fingerprint density at radius 3 is 2.22 bits per heavy atom. The van der Waals surface area contributed by atoms with Gasteiger partial charge in [-0.25, -0.2) is 9.59 Å². The highest BCUT2D eigenvalue weighted by Crippen LogP contribution is 2.34. The van der Waals surface area contributed by atoms with E-state index < -0.39 is 11.9 Å². The van der Waals surface area contributed by atoms with Crippen LogP contribution in [0.2, 0.25) is 0 Å². The molecule has 140 valence electrons. The first-order valence-corrected chi connectivity index (χ1v) is 8.22. The van der Waals surface area contributed by atoms with E-state index in [4.69, 9.17) is 14.2 Å². The van der Waals surface area contributed by atoms with E-state index in [1.165, 1.54) is 19.2 Å². The number of ether oxygens (including phenoxy) is 3. The topological polar surface area (TPSA) is 102 Å². The third kappa shape index (κ3) is 4.03. The maximum absolute atomic E-state index is 11.9. The van der Waals surface area contributed by atoms with Crippen molar-refractivity contribution in [2.45, 2.75) is 6.42 Å². The van der Waals surface area contributed by atoms with Crippen LogP contribution in [0.15, 0.2) is 48.0 Å². The second-order valence-corrected chi connectivity index (χ2v) is 5.85. The second kappa shape index (κ2) is 7.82. The lowest BCUT2D eigenvalue weighted by Crippen LogP contribution is -2.16. The first kappa shape index (κ1) is 18.3. The van der Waals surface area contributed by atoms with Gasteiger partial charge >= 0.3 is 11.9 Å². The normalized spacial score (nSPS) is 13.5. The fourth-order valence-electron chi connectivity index (χ4n) is 2.84. The number of aliphatic carboxylic acids is 2. The van der Waals surface area contributed by atoms with Crippen molar-refractivity contribution in [2.75, 3.05) is 20.3 Å². The lowest BCUT2D eigenvalue weighted by Gasteiger charge is -2.19. The van der Waals surface area contributed by atoms with Crippen molar-refractivity contribution < 1.29 is 34.0 Å². The molecule has 27 heavy (non-hydrogen) atoms. The SMILES string of the molecule is COc1ccc(CC(C(=O)O)=C(C(=O)O)c2ccc3c(c2)OCCO3)cc1. The Labute approximate surface area is 155 Å². The molecule has 3 rings (SSSR count). The van der Waals surface area contributed by atoms with Gasteiger partial charge in [0.05, 0.1) is 18.3 Å². The van der Waals surface area contributed by atoms with E-state index >= 15 is 0 Å². The lowest BCUT2D eigenvalue weighted by molar-refractivity contribution is -0.134.